The van der Waals surface area contributed by atoms with Gasteiger partial charge in [-0.1, -0.05) is 110 Å². The summed E-state index contributed by atoms with van der Waals surface area (Å²) in [4.78, 5) is 20.5. The number of oxime groups is 1. The molecule has 0 amide bonds. The average molecular weight is 438 g/mol. The van der Waals surface area contributed by atoms with Crippen LogP contribution in [-0.2, 0) is 4.84 Å². The highest BCUT2D eigenvalue weighted by Gasteiger charge is 2.60. The molecular weight excluding hydrogens is 406 g/mol. The van der Waals surface area contributed by atoms with Crippen LogP contribution in [0, 0.1) is 19.3 Å². The zero-order chi connectivity index (χ0) is 23.4. The molecule has 0 saturated heterocycles. The summed E-state index contributed by atoms with van der Waals surface area (Å²) in [5, 5.41) is 4.63. The van der Waals surface area contributed by atoms with Crippen molar-refractivity contribution in [1.29, 1.82) is 0 Å². The molecule has 3 unspecified atom stereocenters. The number of aryl methyl sites for hydroxylation is 2. The third-order valence-corrected chi connectivity index (χ3v) is 7.32. The third kappa shape index (κ3) is 3.51. The number of carbonyl (C=O) groups is 1. The molecule has 3 nitrogen and oxygen atoms in total. The summed E-state index contributed by atoms with van der Waals surface area (Å²) >= 11 is 0. The molecule has 0 radical (unpaired) electrons. The third-order valence-electron chi connectivity index (χ3n) is 7.32. The average Bonchev–Trinajstić information content (AvgIpc) is 3.17. The van der Waals surface area contributed by atoms with Crippen LogP contribution in [0.1, 0.15) is 77.2 Å². The SMILES string of the molecule is Cc1ccc(C2=NOC3(CC(C(C)(C)C)c4ccccc4C3=O)C2c2ccc(C)cc2)cc1. The van der Waals surface area contributed by atoms with Crippen LogP contribution in [0.25, 0.3) is 0 Å². The second-order valence-electron chi connectivity index (χ2n) is 10.7. The van der Waals surface area contributed by atoms with Crippen molar-refractivity contribution in [2.45, 2.75) is 58.5 Å². The van der Waals surface area contributed by atoms with Crippen molar-refractivity contribution >= 4 is 11.5 Å². The topological polar surface area (TPSA) is 38.7 Å². The van der Waals surface area contributed by atoms with Gasteiger partial charge in [0.1, 0.15) is 0 Å². The number of rotatable bonds is 2. The molecule has 0 aromatic heterocycles. The zero-order valence-electron chi connectivity index (χ0n) is 20.1. The molecule has 3 aromatic carbocycles. The number of hydrogen-bond acceptors (Lipinski definition) is 3. The lowest BCUT2D eigenvalue weighted by atomic mass is 9.59. The lowest BCUT2D eigenvalue weighted by molar-refractivity contribution is -0.0312. The van der Waals surface area contributed by atoms with Crippen LogP contribution in [-0.4, -0.2) is 17.1 Å². The van der Waals surface area contributed by atoms with E-state index in [0.717, 1.165) is 28.0 Å². The minimum Gasteiger partial charge on any atom is -0.379 e. The molecule has 3 atom stereocenters. The molecular formula is C30H31NO2. The van der Waals surface area contributed by atoms with Crippen molar-refractivity contribution < 1.29 is 9.63 Å². The lowest BCUT2D eigenvalue weighted by Gasteiger charge is -2.44. The lowest BCUT2D eigenvalue weighted by Crippen LogP contribution is -2.51. The van der Waals surface area contributed by atoms with Crippen molar-refractivity contribution in [3.8, 4) is 0 Å². The maximum Gasteiger partial charge on any atom is 0.212 e. The van der Waals surface area contributed by atoms with Crippen molar-refractivity contribution in [3.63, 3.8) is 0 Å². The fourth-order valence-corrected chi connectivity index (χ4v) is 5.43. The van der Waals surface area contributed by atoms with Gasteiger partial charge < -0.3 is 4.84 Å². The van der Waals surface area contributed by atoms with Crippen LogP contribution in [0.4, 0.5) is 0 Å². The van der Waals surface area contributed by atoms with Gasteiger partial charge >= 0.3 is 0 Å². The Bertz CT molecular complexity index is 1230. The summed E-state index contributed by atoms with van der Waals surface area (Å²) in [5.41, 5.74) is 6.08. The summed E-state index contributed by atoms with van der Waals surface area (Å²) in [6, 6.07) is 24.9. The van der Waals surface area contributed by atoms with Crippen molar-refractivity contribution in [2.24, 2.45) is 10.6 Å². The fraction of sp³-hybridized carbons (Fsp3) is 0.333. The second kappa shape index (κ2) is 7.69. The molecule has 168 valence electrons. The van der Waals surface area contributed by atoms with Crippen molar-refractivity contribution in [2.75, 3.05) is 0 Å². The monoisotopic (exact) mass is 437 g/mol. The van der Waals surface area contributed by atoms with Gasteiger partial charge in [-0.05, 0) is 36.3 Å². The van der Waals surface area contributed by atoms with Gasteiger partial charge in [-0.3, -0.25) is 4.79 Å². The normalized spacial score (nSPS) is 24.4. The number of ketones is 1. The number of Topliss-reactive ketones (excluding diaryl/α,β-unsaturated/α-hetero) is 1. The number of carbonyl (C=O) groups excluding carboxylic acids is 1. The van der Waals surface area contributed by atoms with E-state index in [1.807, 2.05) is 18.2 Å². The maximum absolute atomic E-state index is 14.2. The van der Waals surface area contributed by atoms with Gasteiger partial charge in [0.2, 0.25) is 11.4 Å². The number of nitrogens with zero attached hydrogens (tertiary/aromatic N) is 1. The highest BCUT2D eigenvalue weighted by molar-refractivity contribution is 6.15. The molecule has 3 aromatic rings. The molecule has 1 aliphatic heterocycles. The predicted molar refractivity (Wildman–Crippen MR) is 133 cm³/mol. The van der Waals surface area contributed by atoms with Crippen LogP contribution < -0.4 is 0 Å². The van der Waals surface area contributed by atoms with E-state index >= 15 is 0 Å². The van der Waals surface area contributed by atoms with E-state index in [2.05, 4.69) is 94.4 Å². The van der Waals surface area contributed by atoms with Gasteiger partial charge in [-0.15, -0.1) is 0 Å². The van der Waals surface area contributed by atoms with Gasteiger partial charge in [-0.2, -0.15) is 0 Å². The highest BCUT2D eigenvalue weighted by Crippen LogP contribution is 2.54. The van der Waals surface area contributed by atoms with Crippen LogP contribution in [0.2, 0.25) is 0 Å². The zero-order valence-corrected chi connectivity index (χ0v) is 20.1. The molecule has 1 aliphatic carbocycles. The summed E-state index contributed by atoms with van der Waals surface area (Å²) in [6.07, 6.45) is 0.601. The van der Waals surface area contributed by atoms with E-state index in [1.54, 1.807) is 0 Å². The van der Waals surface area contributed by atoms with Gasteiger partial charge in [-0.25, -0.2) is 0 Å². The minimum absolute atomic E-state index is 0.0302. The Balaban J connectivity index is 1.71. The van der Waals surface area contributed by atoms with Crippen LogP contribution in [0.3, 0.4) is 0 Å². The smallest absolute Gasteiger partial charge is 0.212 e. The molecule has 0 N–H and O–H groups in total. The van der Waals surface area contributed by atoms with E-state index in [-0.39, 0.29) is 23.0 Å². The van der Waals surface area contributed by atoms with Gasteiger partial charge in [0.15, 0.2) is 0 Å². The predicted octanol–water partition coefficient (Wildman–Crippen LogP) is 6.98. The van der Waals surface area contributed by atoms with E-state index in [4.69, 9.17) is 4.84 Å². The van der Waals surface area contributed by atoms with E-state index in [0.29, 0.717) is 6.42 Å². The van der Waals surface area contributed by atoms with Gasteiger partial charge in [0.25, 0.3) is 0 Å². The molecule has 1 spiro atoms. The molecule has 33 heavy (non-hydrogen) atoms. The Morgan fingerprint density at radius 3 is 2.12 bits per heavy atom. The summed E-state index contributed by atoms with van der Waals surface area (Å²) in [5.74, 6) is -0.0616. The minimum atomic E-state index is -1.05. The summed E-state index contributed by atoms with van der Waals surface area (Å²) < 4.78 is 0. The first-order valence-electron chi connectivity index (χ1n) is 11.7. The Morgan fingerprint density at radius 1 is 0.879 bits per heavy atom. The van der Waals surface area contributed by atoms with E-state index in [1.165, 1.54) is 11.1 Å². The van der Waals surface area contributed by atoms with Crippen molar-refractivity contribution in [3.05, 3.63) is 106 Å². The Hall–Kier alpha value is -3.20. The van der Waals surface area contributed by atoms with Gasteiger partial charge in [0, 0.05) is 17.5 Å². The first-order chi connectivity index (χ1) is 15.7. The van der Waals surface area contributed by atoms with Crippen LogP contribution in [0.5, 0.6) is 0 Å². The van der Waals surface area contributed by atoms with Crippen LogP contribution in [0.15, 0.2) is 78.0 Å². The molecule has 5 rings (SSSR count). The Labute approximate surface area is 196 Å². The van der Waals surface area contributed by atoms with E-state index in [9.17, 15) is 4.79 Å². The van der Waals surface area contributed by atoms with Crippen LogP contribution >= 0.6 is 0 Å². The summed E-state index contributed by atoms with van der Waals surface area (Å²) in [7, 11) is 0. The maximum atomic E-state index is 14.2. The first kappa shape index (κ1) is 21.6. The first-order valence-corrected chi connectivity index (χ1v) is 11.7. The Kier molecular flexibility index (Phi) is 5.04. The molecule has 1 heterocycles. The molecule has 2 aliphatic rings. The van der Waals surface area contributed by atoms with Crippen molar-refractivity contribution in [1.82, 2.24) is 0 Å². The number of hydrogen-bond donors (Lipinski definition) is 0. The molecule has 0 fully saturated rings. The second-order valence-corrected chi connectivity index (χ2v) is 10.7. The quantitative estimate of drug-likeness (QED) is 0.434. The molecule has 3 heteroatoms. The molecule has 0 bridgehead atoms. The van der Waals surface area contributed by atoms with Gasteiger partial charge in [0.05, 0.1) is 11.6 Å². The fourth-order valence-electron chi connectivity index (χ4n) is 5.43. The largest absolute Gasteiger partial charge is 0.379 e. The molecule has 0 saturated carbocycles. The Morgan fingerprint density at radius 2 is 1.48 bits per heavy atom. The number of benzene rings is 3. The van der Waals surface area contributed by atoms with E-state index < -0.39 is 5.60 Å². The highest BCUT2D eigenvalue weighted by atomic mass is 16.7. The standard InChI is InChI=1S/C30H31NO2/c1-19-10-14-21(15-11-19)26-27(22-16-12-20(2)13-17-22)31-33-30(26)18-25(29(3,4)5)23-8-6-7-9-24(23)28(30)32/h6-17,25-26H,18H2,1-5H3. The summed E-state index contributed by atoms with van der Waals surface area (Å²) in [6.45, 7) is 10.9. The number of fused-ring (bicyclic) bond motifs is 1.